The van der Waals surface area contributed by atoms with E-state index in [-0.39, 0.29) is 24.4 Å². The molecule has 0 fully saturated rings. The molecule has 0 aliphatic carbocycles. The molecule has 1 aromatic heterocycles. The van der Waals surface area contributed by atoms with E-state index in [1.54, 1.807) is 49.4 Å². The van der Waals surface area contributed by atoms with Crippen molar-refractivity contribution in [2.24, 2.45) is 0 Å². The molecule has 0 saturated heterocycles. The van der Waals surface area contributed by atoms with Crippen LogP contribution in [0.3, 0.4) is 0 Å². The number of ether oxygens (including phenoxy) is 2. The highest BCUT2D eigenvalue weighted by atomic mass is 16.5. The second-order valence-electron chi connectivity index (χ2n) is 5.93. The van der Waals surface area contributed by atoms with Gasteiger partial charge in [0.05, 0.1) is 31.7 Å². The summed E-state index contributed by atoms with van der Waals surface area (Å²) in [5.41, 5.74) is -0.0353. The standard InChI is InChI=1S/C20H20N2O5/c1-4-21-19(24)14-7-5-6-8-15(14)22(20(21)25)12-16(23)13-9-10-17(26-2)18(11-13)27-3/h5-11H,4,12H2,1-3H3. The van der Waals surface area contributed by atoms with Crippen molar-refractivity contribution in [1.82, 2.24) is 9.13 Å². The summed E-state index contributed by atoms with van der Waals surface area (Å²) in [6, 6.07) is 11.6. The SMILES string of the molecule is CCn1c(=O)c2ccccc2n(CC(=O)c2ccc(OC)c(OC)c2)c1=O. The van der Waals surface area contributed by atoms with Gasteiger partial charge in [0, 0.05) is 12.1 Å². The summed E-state index contributed by atoms with van der Waals surface area (Å²) < 4.78 is 12.9. The number of para-hydroxylation sites is 1. The minimum Gasteiger partial charge on any atom is -0.493 e. The molecule has 0 radical (unpaired) electrons. The average molecular weight is 368 g/mol. The zero-order valence-electron chi connectivity index (χ0n) is 15.4. The minimum atomic E-state index is -0.505. The van der Waals surface area contributed by atoms with Gasteiger partial charge in [-0.15, -0.1) is 0 Å². The Morgan fingerprint density at radius 3 is 2.33 bits per heavy atom. The lowest BCUT2D eigenvalue weighted by molar-refractivity contribution is 0.0971. The molecule has 0 aliphatic rings. The van der Waals surface area contributed by atoms with Gasteiger partial charge in [0.2, 0.25) is 0 Å². The van der Waals surface area contributed by atoms with Gasteiger partial charge in [-0.3, -0.25) is 18.7 Å². The number of benzene rings is 2. The average Bonchev–Trinajstić information content (AvgIpc) is 2.70. The molecule has 27 heavy (non-hydrogen) atoms. The highest BCUT2D eigenvalue weighted by molar-refractivity contribution is 5.97. The van der Waals surface area contributed by atoms with Crippen LogP contribution in [-0.2, 0) is 13.1 Å². The van der Waals surface area contributed by atoms with E-state index in [0.717, 1.165) is 4.57 Å². The quantitative estimate of drug-likeness (QED) is 0.623. The number of rotatable bonds is 6. The molecule has 0 spiro atoms. The van der Waals surface area contributed by atoms with Crippen molar-refractivity contribution in [2.45, 2.75) is 20.0 Å². The van der Waals surface area contributed by atoms with E-state index in [0.29, 0.717) is 28.0 Å². The second-order valence-corrected chi connectivity index (χ2v) is 5.93. The fourth-order valence-corrected chi connectivity index (χ4v) is 3.05. The van der Waals surface area contributed by atoms with Crippen LogP contribution in [0.15, 0.2) is 52.1 Å². The Morgan fingerprint density at radius 2 is 1.67 bits per heavy atom. The summed E-state index contributed by atoms with van der Waals surface area (Å²) in [6.07, 6.45) is 0. The predicted molar refractivity (Wildman–Crippen MR) is 102 cm³/mol. The third-order valence-corrected chi connectivity index (χ3v) is 4.46. The second kappa shape index (κ2) is 7.49. The lowest BCUT2D eigenvalue weighted by Crippen LogP contribution is -2.40. The number of aromatic nitrogens is 2. The number of hydrogen-bond donors (Lipinski definition) is 0. The Morgan fingerprint density at radius 1 is 0.963 bits per heavy atom. The molecule has 3 aromatic rings. The van der Waals surface area contributed by atoms with Crippen LogP contribution in [0.1, 0.15) is 17.3 Å². The molecule has 0 N–H and O–H groups in total. The first kappa shape index (κ1) is 18.4. The number of methoxy groups -OCH3 is 2. The van der Waals surface area contributed by atoms with Crippen molar-refractivity contribution in [3.63, 3.8) is 0 Å². The van der Waals surface area contributed by atoms with Crippen LogP contribution in [0.25, 0.3) is 10.9 Å². The molecule has 0 saturated carbocycles. The van der Waals surface area contributed by atoms with Crippen molar-refractivity contribution in [1.29, 1.82) is 0 Å². The molecule has 1 heterocycles. The molecule has 0 atom stereocenters. The monoisotopic (exact) mass is 368 g/mol. The first-order valence-electron chi connectivity index (χ1n) is 8.49. The molecule has 7 nitrogen and oxygen atoms in total. The molecule has 0 aliphatic heterocycles. The number of nitrogens with zero attached hydrogens (tertiary/aromatic N) is 2. The number of ketones is 1. The summed E-state index contributed by atoms with van der Waals surface area (Å²) in [7, 11) is 3.00. The highest BCUT2D eigenvalue weighted by Crippen LogP contribution is 2.27. The van der Waals surface area contributed by atoms with Gasteiger partial charge >= 0.3 is 5.69 Å². The van der Waals surface area contributed by atoms with E-state index >= 15 is 0 Å². The van der Waals surface area contributed by atoms with Crippen LogP contribution in [0.5, 0.6) is 11.5 Å². The molecule has 3 rings (SSSR count). The van der Waals surface area contributed by atoms with Crippen molar-refractivity contribution in [3.8, 4) is 11.5 Å². The maximum Gasteiger partial charge on any atom is 0.331 e. The van der Waals surface area contributed by atoms with Gasteiger partial charge in [-0.25, -0.2) is 4.79 Å². The van der Waals surface area contributed by atoms with Crippen LogP contribution in [0.2, 0.25) is 0 Å². The minimum absolute atomic E-state index is 0.185. The topological polar surface area (TPSA) is 79.5 Å². The molecule has 0 bridgehead atoms. The Balaban J connectivity index is 2.11. The van der Waals surface area contributed by atoms with Gasteiger partial charge in [-0.2, -0.15) is 0 Å². The molecule has 7 heteroatoms. The van der Waals surface area contributed by atoms with Gasteiger partial charge in [0.15, 0.2) is 17.3 Å². The maximum atomic E-state index is 12.8. The third kappa shape index (κ3) is 3.23. The fourth-order valence-electron chi connectivity index (χ4n) is 3.05. The Hall–Kier alpha value is -3.35. The maximum absolute atomic E-state index is 12.8. The van der Waals surface area contributed by atoms with Crippen molar-refractivity contribution >= 4 is 16.7 Å². The van der Waals surface area contributed by atoms with E-state index in [1.807, 2.05) is 0 Å². The van der Waals surface area contributed by atoms with Crippen LogP contribution >= 0.6 is 0 Å². The van der Waals surface area contributed by atoms with Crippen LogP contribution < -0.4 is 20.7 Å². The van der Waals surface area contributed by atoms with Crippen molar-refractivity contribution in [3.05, 3.63) is 68.9 Å². The summed E-state index contributed by atoms with van der Waals surface area (Å²) in [4.78, 5) is 38.0. The summed E-state index contributed by atoms with van der Waals surface area (Å²) in [5.74, 6) is 0.666. The van der Waals surface area contributed by atoms with Gasteiger partial charge in [-0.05, 0) is 37.3 Å². The number of Topliss-reactive ketones (excluding diaryl/α,β-unsaturated/α-hetero) is 1. The van der Waals surface area contributed by atoms with Gasteiger partial charge in [0.25, 0.3) is 5.56 Å². The smallest absolute Gasteiger partial charge is 0.331 e. The van der Waals surface area contributed by atoms with E-state index in [4.69, 9.17) is 9.47 Å². The van der Waals surface area contributed by atoms with Gasteiger partial charge < -0.3 is 9.47 Å². The molecule has 2 aromatic carbocycles. The Kier molecular flexibility index (Phi) is 5.12. The zero-order chi connectivity index (χ0) is 19.6. The van der Waals surface area contributed by atoms with E-state index < -0.39 is 5.69 Å². The summed E-state index contributed by atoms with van der Waals surface area (Å²) >= 11 is 0. The largest absolute Gasteiger partial charge is 0.493 e. The Labute approximate surface area is 155 Å². The normalized spacial score (nSPS) is 10.8. The van der Waals surface area contributed by atoms with Crippen molar-refractivity contribution in [2.75, 3.05) is 14.2 Å². The first-order valence-corrected chi connectivity index (χ1v) is 8.49. The van der Waals surface area contributed by atoms with Crippen LogP contribution in [0.4, 0.5) is 0 Å². The molecular formula is C20H20N2O5. The van der Waals surface area contributed by atoms with Crippen LogP contribution in [-0.4, -0.2) is 29.1 Å². The van der Waals surface area contributed by atoms with Crippen molar-refractivity contribution < 1.29 is 14.3 Å². The first-order chi connectivity index (χ1) is 13.0. The lowest BCUT2D eigenvalue weighted by Gasteiger charge is -2.13. The molecular weight excluding hydrogens is 348 g/mol. The zero-order valence-corrected chi connectivity index (χ0v) is 15.4. The third-order valence-electron chi connectivity index (χ3n) is 4.46. The van der Waals surface area contributed by atoms with Gasteiger partial charge in [0.1, 0.15) is 0 Å². The van der Waals surface area contributed by atoms with E-state index in [2.05, 4.69) is 0 Å². The highest BCUT2D eigenvalue weighted by Gasteiger charge is 2.16. The summed E-state index contributed by atoms with van der Waals surface area (Å²) in [6.45, 7) is 1.76. The number of carbonyl (C=O) groups is 1. The fraction of sp³-hybridized carbons (Fsp3) is 0.250. The van der Waals surface area contributed by atoms with Gasteiger partial charge in [-0.1, -0.05) is 12.1 Å². The molecule has 0 unspecified atom stereocenters. The number of carbonyl (C=O) groups excluding carboxylic acids is 1. The molecule has 140 valence electrons. The Bertz CT molecular complexity index is 1130. The lowest BCUT2D eigenvalue weighted by atomic mass is 10.1. The molecule has 0 amide bonds. The van der Waals surface area contributed by atoms with Crippen LogP contribution in [0, 0.1) is 0 Å². The van der Waals surface area contributed by atoms with E-state index in [9.17, 15) is 14.4 Å². The number of hydrogen-bond acceptors (Lipinski definition) is 5. The predicted octanol–water partition coefficient (Wildman–Crippen LogP) is 2.08. The number of fused-ring (bicyclic) bond motifs is 1. The summed E-state index contributed by atoms with van der Waals surface area (Å²) in [5, 5.41) is 0.402. The van der Waals surface area contributed by atoms with E-state index in [1.165, 1.54) is 18.8 Å².